The molecule has 0 saturated heterocycles. The summed E-state index contributed by atoms with van der Waals surface area (Å²) in [5.41, 5.74) is 3.50. The summed E-state index contributed by atoms with van der Waals surface area (Å²) in [5, 5.41) is 10.2. The van der Waals surface area contributed by atoms with Crippen LogP contribution in [0.5, 0.6) is 0 Å². The minimum Gasteiger partial charge on any atom is -0.339 e. The zero-order valence-corrected chi connectivity index (χ0v) is 18.5. The SMILES string of the molecule is CSc1ccc([C@@H]2c3c(C)nn(C)c3NC(=O)[C@@H]2NC(=O)c2cccc(C)c2)cc1F. The van der Waals surface area contributed by atoms with Gasteiger partial charge in [0, 0.05) is 29.0 Å². The zero-order chi connectivity index (χ0) is 22.3. The van der Waals surface area contributed by atoms with Crippen molar-refractivity contribution in [2.45, 2.75) is 30.7 Å². The molecule has 2 heterocycles. The second-order valence-corrected chi connectivity index (χ2v) is 8.50. The number of nitrogens with zero attached hydrogens (tertiary/aromatic N) is 2. The molecule has 3 aromatic rings. The molecular weight excluding hydrogens is 415 g/mol. The first-order valence-corrected chi connectivity index (χ1v) is 11.1. The van der Waals surface area contributed by atoms with Gasteiger partial charge in [-0.25, -0.2) is 4.39 Å². The van der Waals surface area contributed by atoms with Gasteiger partial charge in [-0.1, -0.05) is 23.8 Å². The Labute approximate surface area is 184 Å². The van der Waals surface area contributed by atoms with Crippen molar-refractivity contribution in [1.82, 2.24) is 15.1 Å². The van der Waals surface area contributed by atoms with Crippen LogP contribution < -0.4 is 10.6 Å². The van der Waals surface area contributed by atoms with Crippen molar-refractivity contribution in [1.29, 1.82) is 0 Å². The summed E-state index contributed by atoms with van der Waals surface area (Å²) in [5.74, 6) is -1.10. The van der Waals surface area contributed by atoms with Crippen LogP contribution in [0, 0.1) is 19.7 Å². The molecule has 8 heteroatoms. The number of halogens is 1. The van der Waals surface area contributed by atoms with E-state index in [1.165, 1.54) is 17.8 Å². The first kappa shape index (κ1) is 21.1. The Hall–Kier alpha value is -3.13. The Bertz CT molecular complexity index is 1190. The molecule has 0 radical (unpaired) electrons. The highest BCUT2D eigenvalue weighted by atomic mass is 32.2. The van der Waals surface area contributed by atoms with E-state index in [0.717, 1.165) is 11.1 Å². The molecule has 0 saturated carbocycles. The minimum absolute atomic E-state index is 0.358. The number of benzene rings is 2. The first-order valence-electron chi connectivity index (χ1n) is 9.85. The quantitative estimate of drug-likeness (QED) is 0.608. The number of rotatable bonds is 4. The molecular formula is C23H23FN4O2S. The summed E-state index contributed by atoms with van der Waals surface area (Å²) in [7, 11) is 1.74. The summed E-state index contributed by atoms with van der Waals surface area (Å²) >= 11 is 1.31. The van der Waals surface area contributed by atoms with Crippen molar-refractivity contribution < 1.29 is 14.0 Å². The summed E-state index contributed by atoms with van der Waals surface area (Å²) in [4.78, 5) is 26.6. The maximum atomic E-state index is 14.7. The van der Waals surface area contributed by atoms with Crippen LogP contribution in [0.3, 0.4) is 0 Å². The van der Waals surface area contributed by atoms with Gasteiger partial charge < -0.3 is 10.6 Å². The Balaban J connectivity index is 1.80. The number of aromatic nitrogens is 2. The maximum absolute atomic E-state index is 14.7. The lowest BCUT2D eigenvalue weighted by Gasteiger charge is -2.32. The molecule has 0 fully saturated rings. The molecule has 0 spiro atoms. The fourth-order valence-corrected chi connectivity index (χ4v) is 4.56. The van der Waals surface area contributed by atoms with Crippen LogP contribution in [0.25, 0.3) is 0 Å². The topological polar surface area (TPSA) is 76.0 Å². The average Bonchev–Trinajstić information content (AvgIpc) is 3.01. The molecule has 1 aromatic heterocycles. The van der Waals surface area contributed by atoms with Crippen molar-refractivity contribution in [3.63, 3.8) is 0 Å². The van der Waals surface area contributed by atoms with Crippen LogP contribution in [-0.2, 0) is 11.8 Å². The number of nitrogens with one attached hydrogen (secondary N) is 2. The van der Waals surface area contributed by atoms with E-state index in [1.807, 2.05) is 19.9 Å². The Morgan fingerprint density at radius 2 is 2.00 bits per heavy atom. The second kappa shape index (κ2) is 8.19. The Morgan fingerprint density at radius 3 is 2.68 bits per heavy atom. The number of anilines is 1. The lowest BCUT2D eigenvalue weighted by Crippen LogP contribution is -2.50. The number of thioether (sulfide) groups is 1. The maximum Gasteiger partial charge on any atom is 0.251 e. The predicted octanol–water partition coefficient (Wildman–Crippen LogP) is 3.78. The summed E-state index contributed by atoms with van der Waals surface area (Å²) in [6.45, 7) is 3.74. The molecule has 2 atom stereocenters. The van der Waals surface area contributed by atoms with Crippen molar-refractivity contribution in [3.8, 4) is 0 Å². The summed E-state index contributed by atoms with van der Waals surface area (Å²) < 4.78 is 16.3. The van der Waals surface area contributed by atoms with E-state index < -0.39 is 12.0 Å². The third-order valence-corrected chi connectivity index (χ3v) is 6.31. The molecule has 0 unspecified atom stereocenters. The van der Waals surface area contributed by atoms with Gasteiger partial charge in [-0.3, -0.25) is 14.3 Å². The third-order valence-electron chi connectivity index (χ3n) is 5.54. The van der Waals surface area contributed by atoms with Gasteiger partial charge in [0.05, 0.1) is 5.69 Å². The van der Waals surface area contributed by atoms with Crippen LogP contribution in [0.2, 0.25) is 0 Å². The highest BCUT2D eigenvalue weighted by molar-refractivity contribution is 7.98. The highest BCUT2D eigenvalue weighted by Crippen LogP contribution is 2.40. The van der Waals surface area contributed by atoms with E-state index >= 15 is 0 Å². The van der Waals surface area contributed by atoms with E-state index in [-0.39, 0.29) is 17.6 Å². The minimum atomic E-state index is -0.914. The molecule has 2 aromatic carbocycles. The molecule has 2 amide bonds. The molecule has 6 nitrogen and oxygen atoms in total. The molecule has 4 rings (SSSR count). The molecule has 160 valence electrons. The number of aryl methyl sites for hydroxylation is 3. The van der Waals surface area contributed by atoms with Crippen molar-refractivity contribution in [2.24, 2.45) is 7.05 Å². The fraction of sp³-hybridized carbons (Fsp3) is 0.261. The molecule has 1 aliphatic rings. The number of fused-ring (bicyclic) bond motifs is 1. The summed E-state index contributed by atoms with van der Waals surface area (Å²) in [6.07, 6.45) is 1.81. The molecule has 0 bridgehead atoms. The van der Waals surface area contributed by atoms with E-state index in [9.17, 15) is 14.0 Å². The number of hydrogen-bond donors (Lipinski definition) is 2. The van der Waals surface area contributed by atoms with Crippen LogP contribution in [0.1, 0.15) is 38.7 Å². The van der Waals surface area contributed by atoms with E-state index in [2.05, 4.69) is 15.7 Å². The van der Waals surface area contributed by atoms with Crippen LogP contribution in [0.4, 0.5) is 10.2 Å². The zero-order valence-electron chi connectivity index (χ0n) is 17.7. The van der Waals surface area contributed by atoms with Gasteiger partial charge in [-0.2, -0.15) is 5.10 Å². The average molecular weight is 439 g/mol. The van der Waals surface area contributed by atoms with Gasteiger partial charge in [0.25, 0.3) is 5.91 Å². The summed E-state index contributed by atoms with van der Waals surface area (Å²) in [6, 6.07) is 11.2. The van der Waals surface area contributed by atoms with Crippen LogP contribution in [-0.4, -0.2) is 33.9 Å². The Kier molecular flexibility index (Phi) is 5.58. The highest BCUT2D eigenvalue weighted by Gasteiger charge is 2.41. The van der Waals surface area contributed by atoms with Gasteiger partial charge >= 0.3 is 0 Å². The number of carbonyl (C=O) groups excluding carboxylic acids is 2. The standard InChI is InChI=1S/C23H23FN4O2S/c1-12-6-5-7-15(10-12)22(29)25-20-19(14-8-9-17(31-4)16(24)11-14)18-13(2)27-28(3)21(18)26-23(20)30/h5-11,19-20H,1-4H3,(H,25,29)(H,26,30)/t19-,20-/m1/s1. The number of amides is 2. The second-order valence-electron chi connectivity index (χ2n) is 7.65. The van der Waals surface area contributed by atoms with Crippen molar-refractivity contribution >= 4 is 29.4 Å². The van der Waals surface area contributed by atoms with Crippen molar-refractivity contribution in [2.75, 3.05) is 11.6 Å². The lowest BCUT2D eigenvalue weighted by molar-refractivity contribution is -0.118. The van der Waals surface area contributed by atoms with Gasteiger partial charge in [-0.15, -0.1) is 11.8 Å². The molecule has 1 aliphatic heterocycles. The van der Waals surface area contributed by atoms with E-state index in [1.54, 1.807) is 48.3 Å². The number of hydrogen-bond acceptors (Lipinski definition) is 4. The molecule has 31 heavy (non-hydrogen) atoms. The van der Waals surface area contributed by atoms with Gasteiger partial charge in [0.15, 0.2) is 0 Å². The molecule has 2 N–H and O–H groups in total. The number of carbonyl (C=O) groups is 2. The van der Waals surface area contributed by atoms with Crippen molar-refractivity contribution in [3.05, 3.63) is 76.2 Å². The van der Waals surface area contributed by atoms with Crippen LogP contribution >= 0.6 is 11.8 Å². The van der Waals surface area contributed by atoms with Gasteiger partial charge in [0.2, 0.25) is 5.91 Å². The van der Waals surface area contributed by atoms with E-state index in [0.29, 0.717) is 27.5 Å². The lowest BCUT2D eigenvalue weighted by atomic mass is 9.81. The third kappa shape index (κ3) is 3.83. The predicted molar refractivity (Wildman–Crippen MR) is 119 cm³/mol. The molecule has 0 aliphatic carbocycles. The first-order chi connectivity index (χ1) is 14.8. The monoisotopic (exact) mass is 438 g/mol. The van der Waals surface area contributed by atoms with E-state index in [4.69, 9.17) is 0 Å². The largest absolute Gasteiger partial charge is 0.339 e. The smallest absolute Gasteiger partial charge is 0.251 e. The fourth-order valence-electron chi connectivity index (χ4n) is 4.10. The van der Waals surface area contributed by atoms with Gasteiger partial charge in [-0.05, 0) is 49.9 Å². The van der Waals surface area contributed by atoms with Crippen LogP contribution in [0.15, 0.2) is 47.4 Å². The normalized spacial score (nSPS) is 17.8. The van der Waals surface area contributed by atoms with Gasteiger partial charge in [0.1, 0.15) is 17.7 Å². The Morgan fingerprint density at radius 1 is 1.23 bits per heavy atom.